The molecule has 1 atom stereocenters. The van der Waals surface area contributed by atoms with E-state index in [-0.39, 0.29) is 20.5 Å². The molecule has 14 aromatic carbocycles. The standard InChI is InChI=1S/C84H54B3N3Si/c1-2-22-57(23-3-1)91(59-47-50-78-71(53-59)69-32-12-21-41-83(69)89-80-38-18-9-29-66(80)63-26-6-15-35-75(63)87(78)89,60-48-51-84-72(54-60)64-27-7-16-36-76(64)85-73-33-13-4-24-61(73)67-30-10-19-39-81(67)90(84)85)58-45-42-55(43-46-58)56-44-49-77-70(52-56)68-31-11-20-40-82(68)88-79-37-17-8-28-65(79)62-25-5-14-34-74(62)86(77)88/h1-54H. The lowest BCUT2D eigenvalue weighted by molar-refractivity contribution is 1.35. The average Bonchev–Trinajstić information content (AvgIpc) is 1.15. The molecule has 0 bridgehead atoms. The second kappa shape index (κ2) is 19.4. The van der Waals surface area contributed by atoms with Crippen LogP contribution in [0.15, 0.2) is 328 Å². The molecule has 0 radical (unpaired) electrons. The molecule has 6 aliphatic heterocycles. The SMILES string of the molecule is c1ccc([Si](c2ccc(-c3ccc4c(c3)-c3ccccc3N3B4c4ccccc4-c4ccccc43)cc2)(c2ccc3c(c2)-c2ccccc2N2B3c3ccccc3-c3ccccc32)c2ccc3c(c2)-c2ccccc2B2c4ccccc4-c4ccccc4N23)cc1. The number of nitrogens with zero attached hydrogens (tertiary/aromatic N) is 3. The Kier molecular flexibility index (Phi) is 10.9. The van der Waals surface area contributed by atoms with Gasteiger partial charge in [0.15, 0.2) is 8.07 Å². The Balaban J connectivity index is 0.809. The quantitative estimate of drug-likeness (QED) is 0.126. The Morgan fingerprint density at radius 1 is 0.176 bits per heavy atom. The zero-order valence-corrected chi connectivity index (χ0v) is 50.8. The first-order valence-corrected chi connectivity index (χ1v) is 34.0. The van der Waals surface area contributed by atoms with Gasteiger partial charge in [-0.3, -0.25) is 0 Å². The van der Waals surface area contributed by atoms with E-state index in [1.807, 2.05) is 0 Å². The molecular formula is C84H54B3N3Si. The molecule has 0 N–H and O–H groups in total. The molecule has 1 unspecified atom stereocenters. The molecule has 6 heterocycles. The monoisotopic (exact) mass is 1170 g/mol. The second-order valence-corrected chi connectivity index (χ2v) is 29.1. The summed E-state index contributed by atoms with van der Waals surface area (Å²) < 4.78 is 0. The first kappa shape index (κ1) is 50.8. The Morgan fingerprint density at radius 3 is 0.890 bits per heavy atom. The van der Waals surface area contributed by atoms with Gasteiger partial charge in [0, 0.05) is 67.5 Å². The number of anilines is 6. The summed E-state index contributed by atoms with van der Waals surface area (Å²) in [6, 6.07) is 126. The van der Waals surface area contributed by atoms with Gasteiger partial charge in [0.05, 0.1) is 0 Å². The van der Waals surface area contributed by atoms with Gasteiger partial charge in [-0.25, -0.2) is 0 Å². The lowest BCUT2D eigenvalue weighted by Gasteiger charge is -2.44. The minimum Gasteiger partial charge on any atom is -0.376 e. The van der Waals surface area contributed by atoms with Crippen LogP contribution in [-0.2, 0) is 0 Å². The molecule has 0 fully saturated rings. The van der Waals surface area contributed by atoms with E-state index in [4.69, 9.17) is 0 Å². The normalized spacial score (nSPS) is 14.1. The van der Waals surface area contributed by atoms with E-state index in [9.17, 15) is 0 Å². The molecule has 7 heteroatoms. The number of benzene rings is 14. The first-order chi connectivity index (χ1) is 45.2. The van der Waals surface area contributed by atoms with Crippen LogP contribution in [0.1, 0.15) is 0 Å². The average molecular weight is 1170 g/mol. The molecule has 6 aliphatic rings. The van der Waals surface area contributed by atoms with Crippen LogP contribution in [0.3, 0.4) is 0 Å². The van der Waals surface area contributed by atoms with Gasteiger partial charge < -0.3 is 14.4 Å². The van der Waals surface area contributed by atoms with Crippen LogP contribution < -0.4 is 68.0 Å². The van der Waals surface area contributed by atoms with Crippen LogP contribution >= 0.6 is 0 Å². The predicted molar refractivity (Wildman–Crippen MR) is 389 cm³/mol. The number of hydrogen-bond acceptors (Lipinski definition) is 3. The van der Waals surface area contributed by atoms with Gasteiger partial charge in [0.1, 0.15) is 0 Å². The minimum absolute atomic E-state index is 0.0156. The van der Waals surface area contributed by atoms with Crippen LogP contribution in [0.25, 0.3) is 77.9 Å². The van der Waals surface area contributed by atoms with Crippen LogP contribution in [-0.4, -0.2) is 28.6 Å². The van der Waals surface area contributed by atoms with E-state index in [0.717, 1.165) is 0 Å². The summed E-state index contributed by atoms with van der Waals surface area (Å²) in [5.41, 5.74) is 33.2. The molecule has 91 heavy (non-hydrogen) atoms. The molecule has 20 rings (SSSR count). The highest BCUT2D eigenvalue weighted by Crippen LogP contribution is 2.50. The summed E-state index contributed by atoms with van der Waals surface area (Å²) in [6.07, 6.45) is 0. The van der Waals surface area contributed by atoms with E-state index in [1.165, 1.54) is 166 Å². The lowest BCUT2D eigenvalue weighted by Crippen LogP contribution is -2.75. The molecule has 0 amide bonds. The summed E-state index contributed by atoms with van der Waals surface area (Å²) in [5.74, 6) is 0. The van der Waals surface area contributed by atoms with Crippen LogP contribution in [0.5, 0.6) is 0 Å². The maximum absolute atomic E-state index is 3.32. The zero-order chi connectivity index (χ0) is 59.5. The largest absolute Gasteiger partial charge is 0.376 e. The summed E-state index contributed by atoms with van der Waals surface area (Å²) in [4.78, 5) is 7.84. The third-order valence-electron chi connectivity index (χ3n) is 21.0. The molecule has 0 aliphatic carbocycles. The summed E-state index contributed by atoms with van der Waals surface area (Å²) in [6.45, 7) is 0.0426. The van der Waals surface area contributed by atoms with Gasteiger partial charge in [-0.15, -0.1) is 0 Å². The van der Waals surface area contributed by atoms with Crippen molar-refractivity contribution in [2.45, 2.75) is 0 Å². The van der Waals surface area contributed by atoms with Gasteiger partial charge in [-0.1, -0.05) is 285 Å². The molecule has 0 saturated heterocycles. The summed E-state index contributed by atoms with van der Waals surface area (Å²) in [5, 5.41) is 5.37. The second-order valence-electron chi connectivity index (χ2n) is 25.3. The highest BCUT2D eigenvalue weighted by molar-refractivity contribution is 7.20. The van der Waals surface area contributed by atoms with Crippen molar-refractivity contribution >= 4 is 116 Å². The van der Waals surface area contributed by atoms with Gasteiger partial charge in [0.25, 0.3) is 0 Å². The Hall–Kier alpha value is -11.1. The Labute approximate surface area is 532 Å². The van der Waals surface area contributed by atoms with E-state index in [2.05, 4.69) is 342 Å². The van der Waals surface area contributed by atoms with Crippen molar-refractivity contribution in [1.29, 1.82) is 0 Å². The fourth-order valence-corrected chi connectivity index (χ4v) is 22.1. The maximum atomic E-state index is 2.64. The number of para-hydroxylation sites is 5. The van der Waals surface area contributed by atoms with Crippen molar-refractivity contribution in [3.63, 3.8) is 0 Å². The van der Waals surface area contributed by atoms with E-state index in [0.29, 0.717) is 0 Å². The van der Waals surface area contributed by atoms with E-state index >= 15 is 0 Å². The molecule has 14 aromatic rings. The van der Waals surface area contributed by atoms with Crippen molar-refractivity contribution in [1.82, 2.24) is 0 Å². The number of fused-ring (bicyclic) bond motifs is 33. The van der Waals surface area contributed by atoms with Gasteiger partial charge in [-0.05, 0) is 140 Å². The third kappa shape index (κ3) is 7.07. The van der Waals surface area contributed by atoms with Gasteiger partial charge in [-0.2, -0.15) is 0 Å². The van der Waals surface area contributed by atoms with Crippen molar-refractivity contribution in [3.05, 3.63) is 328 Å². The lowest BCUT2D eigenvalue weighted by atomic mass is 9.43. The Bertz CT molecular complexity index is 5200. The third-order valence-corrected chi connectivity index (χ3v) is 25.8. The molecular weight excluding hydrogens is 1110 g/mol. The van der Waals surface area contributed by atoms with Gasteiger partial charge in [0.2, 0.25) is 0 Å². The van der Waals surface area contributed by atoms with Crippen LogP contribution in [0.2, 0.25) is 0 Å². The van der Waals surface area contributed by atoms with Crippen molar-refractivity contribution in [2.24, 2.45) is 0 Å². The summed E-state index contributed by atoms with van der Waals surface area (Å²) >= 11 is 0. The van der Waals surface area contributed by atoms with Crippen molar-refractivity contribution < 1.29 is 0 Å². The predicted octanol–water partition coefficient (Wildman–Crippen LogP) is 13.4. The zero-order valence-electron chi connectivity index (χ0n) is 49.8. The van der Waals surface area contributed by atoms with Gasteiger partial charge >= 0.3 is 20.5 Å². The van der Waals surface area contributed by atoms with Crippen molar-refractivity contribution in [3.8, 4) is 77.9 Å². The molecule has 0 spiro atoms. The molecule has 0 saturated carbocycles. The fourth-order valence-electron chi connectivity index (χ4n) is 17.3. The van der Waals surface area contributed by atoms with E-state index in [1.54, 1.807) is 0 Å². The van der Waals surface area contributed by atoms with E-state index < -0.39 is 8.07 Å². The first-order valence-electron chi connectivity index (χ1n) is 32.0. The van der Waals surface area contributed by atoms with Crippen LogP contribution in [0, 0.1) is 0 Å². The topological polar surface area (TPSA) is 9.72 Å². The molecule has 418 valence electrons. The number of rotatable bonds is 5. The minimum atomic E-state index is -3.32. The number of hydrogen-bond donors (Lipinski definition) is 0. The Morgan fingerprint density at radius 2 is 0.451 bits per heavy atom. The smallest absolute Gasteiger partial charge is 0.329 e. The highest BCUT2D eigenvalue weighted by Gasteiger charge is 2.49. The molecule has 3 nitrogen and oxygen atoms in total. The highest BCUT2D eigenvalue weighted by atomic mass is 28.3. The maximum Gasteiger partial charge on any atom is 0.329 e. The fraction of sp³-hybridized carbons (Fsp3) is 0. The molecule has 0 aromatic heterocycles. The van der Waals surface area contributed by atoms with Crippen molar-refractivity contribution in [2.75, 3.05) is 14.4 Å². The van der Waals surface area contributed by atoms with Crippen LogP contribution in [0.4, 0.5) is 34.1 Å². The summed E-state index contributed by atoms with van der Waals surface area (Å²) in [7, 11) is -3.32.